The van der Waals surface area contributed by atoms with E-state index in [0.29, 0.717) is 5.88 Å². The van der Waals surface area contributed by atoms with Crippen LogP contribution in [-0.2, 0) is 22.2 Å². The molecule has 1 aliphatic heterocycles. The zero-order chi connectivity index (χ0) is 19.7. The van der Waals surface area contributed by atoms with Crippen molar-refractivity contribution in [2.75, 3.05) is 14.2 Å². The highest BCUT2D eigenvalue weighted by Gasteiger charge is 2.51. The number of nitrogens with zero attached hydrogens (tertiary/aromatic N) is 1. The van der Waals surface area contributed by atoms with Gasteiger partial charge in [-0.1, -0.05) is 12.1 Å². The maximum absolute atomic E-state index is 6.17. The van der Waals surface area contributed by atoms with Crippen molar-refractivity contribution in [3.05, 3.63) is 47.7 Å². The third-order valence-corrected chi connectivity index (χ3v) is 5.44. The van der Waals surface area contributed by atoms with Crippen molar-refractivity contribution in [2.24, 2.45) is 0 Å². The fourth-order valence-corrected chi connectivity index (χ4v) is 3.00. The Labute approximate surface area is 162 Å². The first-order valence-corrected chi connectivity index (χ1v) is 9.27. The van der Waals surface area contributed by atoms with Gasteiger partial charge in [0.2, 0.25) is 5.88 Å². The van der Waals surface area contributed by atoms with Gasteiger partial charge in [0.25, 0.3) is 0 Å². The molecule has 1 aliphatic rings. The number of pyridine rings is 1. The molecule has 1 aromatic carbocycles. The van der Waals surface area contributed by atoms with Crippen LogP contribution in [0, 0.1) is 0 Å². The lowest BCUT2D eigenvalue weighted by atomic mass is 9.79. The Kier molecular flexibility index (Phi) is 5.49. The number of ether oxygens (including phenoxy) is 2. The van der Waals surface area contributed by atoms with Crippen molar-refractivity contribution in [1.82, 2.24) is 4.98 Å². The number of methoxy groups -OCH3 is 2. The summed E-state index contributed by atoms with van der Waals surface area (Å²) in [5.74, 6) is 1.44. The largest absolute Gasteiger partial charge is 0.497 e. The van der Waals surface area contributed by atoms with Gasteiger partial charge in [-0.2, -0.15) is 0 Å². The van der Waals surface area contributed by atoms with Crippen LogP contribution in [0.1, 0.15) is 39.0 Å². The van der Waals surface area contributed by atoms with Crippen LogP contribution in [0.2, 0.25) is 0 Å². The molecule has 0 atom stereocenters. The summed E-state index contributed by atoms with van der Waals surface area (Å²) in [6.45, 7) is 8.21. The van der Waals surface area contributed by atoms with Crippen LogP contribution < -0.4 is 14.9 Å². The zero-order valence-electron chi connectivity index (χ0n) is 17.0. The minimum atomic E-state index is -0.424. The summed E-state index contributed by atoms with van der Waals surface area (Å²) in [5.41, 5.74) is 2.37. The Hall–Kier alpha value is -2.05. The van der Waals surface area contributed by atoms with E-state index in [-0.39, 0.29) is 11.2 Å². The van der Waals surface area contributed by atoms with Gasteiger partial charge in [-0.15, -0.1) is 0 Å². The van der Waals surface area contributed by atoms with Gasteiger partial charge in [0, 0.05) is 11.8 Å². The van der Waals surface area contributed by atoms with Gasteiger partial charge in [0.1, 0.15) is 5.75 Å². The number of aryl methyl sites for hydroxylation is 2. The molecule has 3 rings (SSSR count). The van der Waals surface area contributed by atoms with E-state index in [4.69, 9.17) is 18.8 Å². The van der Waals surface area contributed by atoms with Crippen LogP contribution in [0.25, 0.3) is 0 Å². The van der Waals surface area contributed by atoms with Crippen LogP contribution >= 0.6 is 0 Å². The maximum atomic E-state index is 6.17. The van der Waals surface area contributed by atoms with E-state index in [2.05, 4.69) is 44.8 Å². The second-order valence-electron chi connectivity index (χ2n) is 7.87. The summed E-state index contributed by atoms with van der Waals surface area (Å²) in [7, 11) is 2.88. The number of hydrogen-bond donors (Lipinski definition) is 0. The Morgan fingerprint density at radius 3 is 2.07 bits per heavy atom. The molecule has 2 aromatic rings. The summed E-state index contributed by atoms with van der Waals surface area (Å²) in [4.78, 5) is 4.59. The topological polar surface area (TPSA) is 49.8 Å². The van der Waals surface area contributed by atoms with E-state index in [0.717, 1.165) is 29.7 Å². The maximum Gasteiger partial charge on any atom is 0.495 e. The molecule has 5 nitrogen and oxygen atoms in total. The average Bonchev–Trinajstić information content (AvgIpc) is 2.87. The molecule has 6 heteroatoms. The Morgan fingerprint density at radius 1 is 0.889 bits per heavy atom. The summed E-state index contributed by atoms with van der Waals surface area (Å²) in [5, 5.41) is 0. The molecule has 0 N–H and O–H groups in total. The highest BCUT2D eigenvalue weighted by molar-refractivity contribution is 6.62. The second kappa shape index (κ2) is 7.53. The first kappa shape index (κ1) is 19.7. The minimum Gasteiger partial charge on any atom is -0.497 e. The summed E-state index contributed by atoms with van der Waals surface area (Å²) in [6, 6.07) is 12.0. The number of hydrogen-bond acceptors (Lipinski definition) is 5. The molecule has 0 aliphatic carbocycles. The van der Waals surface area contributed by atoms with E-state index < -0.39 is 7.12 Å². The molecule has 0 bridgehead atoms. The molecule has 0 unspecified atom stereocenters. The number of aromatic nitrogens is 1. The molecule has 1 saturated heterocycles. The molecule has 0 spiro atoms. The molecule has 0 saturated carbocycles. The first-order valence-electron chi connectivity index (χ1n) is 9.27. The van der Waals surface area contributed by atoms with Crippen molar-refractivity contribution in [3.8, 4) is 11.6 Å². The minimum absolute atomic E-state index is 0.378. The van der Waals surface area contributed by atoms with E-state index in [9.17, 15) is 0 Å². The molecule has 0 radical (unpaired) electrons. The second-order valence-corrected chi connectivity index (χ2v) is 7.87. The molecular weight excluding hydrogens is 341 g/mol. The van der Waals surface area contributed by atoms with Gasteiger partial charge in [-0.3, -0.25) is 0 Å². The normalized spacial score (nSPS) is 17.8. The molecule has 2 heterocycles. The van der Waals surface area contributed by atoms with Gasteiger partial charge in [0.15, 0.2) is 0 Å². The molecular formula is C21H28BNO4. The Balaban J connectivity index is 1.77. The van der Waals surface area contributed by atoms with E-state index >= 15 is 0 Å². The van der Waals surface area contributed by atoms with Crippen molar-refractivity contribution < 1.29 is 18.8 Å². The van der Waals surface area contributed by atoms with Crippen LogP contribution in [0.5, 0.6) is 11.6 Å². The van der Waals surface area contributed by atoms with Crippen LogP contribution in [0.3, 0.4) is 0 Å². The van der Waals surface area contributed by atoms with Gasteiger partial charge in [-0.25, -0.2) is 4.98 Å². The summed E-state index contributed by atoms with van der Waals surface area (Å²) < 4.78 is 23.0. The van der Waals surface area contributed by atoms with E-state index in [1.165, 1.54) is 5.56 Å². The average molecular weight is 369 g/mol. The molecule has 0 amide bonds. The van der Waals surface area contributed by atoms with Gasteiger partial charge >= 0.3 is 7.12 Å². The number of benzene rings is 1. The first-order chi connectivity index (χ1) is 12.7. The molecule has 27 heavy (non-hydrogen) atoms. The third-order valence-electron chi connectivity index (χ3n) is 5.44. The Morgan fingerprint density at radius 2 is 1.52 bits per heavy atom. The lowest BCUT2D eigenvalue weighted by Crippen LogP contribution is -2.41. The monoisotopic (exact) mass is 369 g/mol. The SMILES string of the molecule is COc1ccc(CCc2cc(B3OC(C)(C)C(C)(C)O3)cc(OC)n2)cc1. The van der Waals surface area contributed by atoms with E-state index in [1.807, 2.05) is 24.3 Å². The Bertz CT molecular complexity index is 773. The predicted octanol–water partition coefficient (Wildman–Crippen LogP) is 3.18. The lowest BCUT2D eigenvalue weighted by Gasteiger charge is -2.32. The van der Waals surface area contributed by atoms with E-state index in [1.54, 1.807) is 14.2 Å². The van der Waals surface area contributed by atoms with Crippen LogP contribution in [0.15, 0.2) is 36.4 Å². The molecule has 144 valence electrons. The van der Waals surface area contributed by atoms with Gasteiger partial charge in [0.05, 0.1) is 25.4 Å². The van der Waals surface area contributed by atoms with Crippen molar-refractivity contribution >= 4 is 12.6 Å². The molecule has 1 aromatic heterocycles. The zero-order valence-corrected chi connectivity index (χ0v) is 17.0. The highest BCUT2D eigenvalue weighted by atomic mass is 16.7. The summed E-state index contributed by atoms with van der Waals surface area (Å²) >= 11 is 0. The predicted molar refractivity (Wildman–Crippen MR) is 107 cm³/mol. The van der Waals surface area contributed by atoms with Gasteiger partial charge in [-0.05, 0) is 69.8 Å². The number of rotatable bonds is 6. The van der Waals surface area contributed by atoms with Gasteiger partial charge < -0.3 is 18.8 Å². The smallest absolute Gasteiger partial charge is 0.495 e. The van der Waals surface area contributed by atoms with Crippen LogP contribution in [-0.4, -0.2) is 37.5 Å². The highest BCUT2D eigenvalue weighted by Crippen LogP contribution is 2.36. The summed E-state index contributed by atoms with van der Waals surface area (Å²) in [6.07, 6.45) is 1.68. The third kappa shape index (κ3) is 4.28. The fraction of sp³-hybridized carbons (Fsp3) is 0.476. The van der Waals surface area contributed by atoms with Crippen LogP contribution in [0.4, 0.5) is 0 Å². The standard InChI is InChI=1S/C21H28BNO4/c1-20(2)21(3,4)27-22(26-20)16-13-17(23-19(14-16)25-6)10-7-15-8-11-18(24-5)12-9-15/h8-9,11-14H,7,10H2,1-6H3. The van der Waals surface area contributed by atoms with Crippen molar-refractivity contribution in [1.29, 1.82) is 0 Å². The van der Waals surface area contributed by atoms with Crippen molar-refractivity contribution in [3.63, 3.8) is 0 Å². The fourth-order valence-electron chi connectivity index (χ4n) is 3.00. The van der Waals surface area contributed by atoms with Crippen molar-refractivity contribution in [2.45, 2.75) is 51.7 Å². The molecule has 1 fully saturated rings. The lowest BCUT2D eigenvalue weighted by molar-refractivity contribution is 0.00578. The quantitative estimate of drug-likeness (QED) is 0.732.